The molecular formula is C19H25FN4S. The first-order valence-electron chi connectivity index (χ1n) is 8.80. The van der Waals surface area contributed by atoms with Gasteiger partial charge in [-0.25, -0.2) is 9.97 Å². The lowest BCUT2D eigenvalue weighted by Crippen LogP contribution is -2.31. The zero-order valence-corrected chi connectivity index (χ0v) is 15.8. The van der Waals surface area contributed by atoms with Gasteiger partial charge in [-0.3, -0.25) is 0 Å². The van der Waals surface area contributed by atoms with Crippen molar-refractivity contribution in [3.8, 4) is 0 Å². The van der Waals surface area contributed by atoms with E-state index in [9.17, 15) is 3.89 Å². The summed E-state index contributed by atoms with van der Waals surface area (Å²) < 4.78 is 12.5. The highest BCUT2D eigenvalue weighted by Crippen LogP contribution is 2.32. The summed E-state index contributed by atoms with van der Waals surface area (Å²) in [5, 5.41) is 7.04. The van der Waals surface area contributed by atoms with Gasteiger partial charge in [0.15, 0.2) is 5.82 Å². The maximum atomic E-state index is 12.5. The molecule has 1 heterocycles. The van der Waals surface area contributed by atoms with E-state index in [4.69, 9.17) is 0 Å². The van der Waals surface area contributed by atoms with E-state index in [2.05, 4.69) is 27.5 Å². The van der Waals surface area contributed by atoms with Crippen molar-refractivity contribution in [2.45, 2.75) is 57.5 Å². The molecule has 134 valence electrons. The van der Waals surface area contributed by atoms with Gasteiger partial charge in [-0.2, -0.15) is 3.89 Å². The molecule has 3 rings (SSSR count). The Morgan fingerprint density at radius 3 is 2.52 bits per heavy atom. The smallest absolute Gasteiger partial charge is 0.153 e. The van der Waals surface area contributed by atoms with E-state index in [0.717, 1.165) is 34.5 Å². The molecule has 0 unspecified atom stereocenters. The maximum absolute atomic E-state index is 12.5. The van der Waals surface area contributed by atoms with E-state index in [1.54, 1.807) is 12.1 Å². The summed E-state index contributed by atoms with van der Waals surface area (Å²) in [7, 11) is 0. The quantitative estimate of drug-likeness (QED) is 0.703. The van der Waals surface area contributed by atoms with Crippen LogP contribution in [0.15, 0.2) is 29.2 Å². The van der Waals surface area contributed by atoms with Crippen molar-refractivity contribution in [3.63, 3.8) is 0 Å². The van der Waals surface area contributed by atoms with Gasteiger partial charge in [0.05, 0.1) is 23.5 Å². The van der Waals surface area contributed by atoms with Gasteiger partial charge in [0.25, 0.3) is 0 Å². The molecule has 2 N–H and O–H groups in total. The van der Waals surface area contributed by atoms with Crippen LogP contribution in [0.4, 0.5) is 15.4 Å². The second kappa shape index (κ2) is 8.04. The molecule has 0 bridgehead atoms. The van der Waals surface area contributed by atoms with E-state index in [1.165, 1.54) is 19.3 Å². The number of halogens is 1. The molecule has 6 heteroatoms. The second-order valence-electron chi connectivity index (χ2n) is 6.78. The fourth-order valence-electron chi connectivity index (χ4n) is 3.15. The Balaban J connectivity index is 1.74. The summed E-state index contributed by atoms with van der Waals surface area (Å²) in [5.41, 5.74) is 2.98. The van der Waals surface area contributed by atoms with E-state index < -0.39 is 0 Å². The largest absolute Gasteiger partial charge is 0.377 e. The molecule has 1 saturated carbocycles. The molecule has 25 heavy (non-hydrogen) atoms. The molecule has 0 aliphatic heterocycles. The number of hydrogen-bond acceptors (Lipinski definition) is 5. The molecular weight excluding hydrogens is 335 g/mol. The lowest BCUT2D eigenvalue weighted by molar-refractivity contribution is 0.285. The van der Waals surface area contributed by atoms with Gasteiger partial charge < -0.3 is 10.6 Å². The van der Waals surface area contributed by atoms with Crippen LogP contribution in [-0.2, 0) is 6.54 Å². The van der Waals surface area contributed by atoms with Crippen molar-refractivity contribution in [1.29, 1.82) is 0 Å². The van der Waals surface area contributed by atoms with Gasteiger partial charge in [-0.1, -0.05) is 18.6 Å². The average molecular weight is 361 g/mol. The van der Waals surface area contributed by atoms with E-state index >= 15 is 0 Å². The topological polar surface area (TPSA) is 49.8 Å². The summed E-state index contributed by atoms with van der Waals surface area (Å²) in [6.45, 7) is 6.80. The molecule has 2 aromatic rings. The number of benzene rings is 1. The van der Waals surface area contributed by atoms with Crippen LogP contribution in [0.5, 0.6) is 0 Å². The van der Waals surface area contributed by atoms with E-state index in [0.29, 0.717) is 17.5 Å². The van der Waals surface area contributed by atoms with Gasteiger partial charge in [-0.15, -0.1) is 0 Å². The Morgan fingerprint density at radius 1 is 1.20 bits per heavy atom. The molecule has 1 aliphatic rings. The maximum Gasteiger partial charge on any atom is 0.153 e. The van der Waals surface area contributed by atoms with Gasteiger partial charge in [0.1, 0.15) is 5.82 Å². The van der Waals surface area contributed by atoms with Gasteiger partial charge >= 0.3 is 0 Å². The summed E-state index contributed by atoms with van der Waals surface area (Å²) in [4.78, 5) is 9.73. The van der Waals surface area contributed by atoms with E-state index in [1.807, 2.05) is 26.0 Å². The van der Waals surface area contributed by atoms with Crippen molar-refractivity contribution >= 4 is 23.7 Å². The van der Waals surface area contributed by atoms with Crippen LogP contribution >= 0.6 is 12.1 Å². The molecule has 0 spiro atoms. The third-order valence-corrected chi connectivity index (χ3v) is 5.36. The molecule has 0 saturated heterocycles. The lowest BCUT2D eigenvalue weighted by Gasteiger charge is -2.32. The van der Waals surface area contributed by atoms with Gasteiger partial charge in [0.2, 0.25) is 0 Å². The minimum absolute atomic E-state index is 0.265. The first-order chi connectivity index (χ1) is 12.1. The lowest BCUT2D eigenvalue weighted by atomic mass is 9.80. The number of nitrogens with one attached hydrogen (secondary N) is 2. The predicted molar refractivity (Wildman–Crippen MR) is 103 cm³/mol. The Morgan fingerprint density at radius 2 is 1.92 bits per heavy atom. The molecule has 1 aliphatic carbocycles. The van der Waals surface area contributed by atoms with Crippen molar-refractivity contribution < 1.29 is 3.89 Å². The highest BCUT2D eigenvalue weighted by Gasteiger charge is 2.25. The second-order valence-corrected chi connectivity index (χ2v) is 7.40. The Hall–Kier alpha value is -1.82. The molecule has 1 atom stereocenters. The summed E-state index contributed by atoms with van der Waals surface area (Å²) in [6, 6.07) is 7.85. The van der Waals surface area contributed by atoms with Crippen LogP contribution in [0.1, 0.15) is 43.3 Å². The standard InChI is InChI=1S/C19H25FN4S/c1-12(16-5-4-6-16)23-19-18(13(2)22-14(3)24-19)21-11-15-7-9-17(25-20)10-8-15/h7-10,12,16,21H,4-6,11H2,1-3H3,(H,22,23,24)/t12-/m1/s1. The van der Waals surface area contributed by atoms with Crippen LogP contribution < -0.4 is 10.6 Å². The van der Waals surface area contributed by atoms with Crippen LogP contribution in [0.3, 0.4) is 0 Å². The van der Waals surface area contributed by atoms with Crippen molar-refractivity contribution in [2.24, 2.45) is 5.92 Å². The fourth-order valence-corrected chi connectivity index (χ4v) is 3.39. The highest BCUT2D eigenvalue weighted by atomic mass is 32.2. The van der Waals surface area contributed by atoms with Gasteiger partial charge in [-0.05, 0) is 57.2 Å². The highest BCUT2D eigenvalue weighted by molar-refractivity contribution is 7.94. The first-order valence-corrected chi connectivity index (χ1v) is 9.51. The van der Waals surface area contributed by atoms with Crippen LogP contribution in [0.25, 0.3) is 0 Å². The first kappa shape index (κ1) is 18.0. The summed E-state index contributed by atoms with van der Waals surface area (Å²) in [6.07, 6.45) is 3.91. The zero-order chi connectivity index (χ0) is 17.8. The third kappa shape index (κ3) is 4.42. The number of hydrogen-bond donors (Lipinski definition) is 2. The number of aromatic nitrogens is 2. The number of nitrogens with zero attached hydrogens (tertiary/aromatic N) is 2. The SMILES string of the molecule is Cc1nc(C)c(NCc2ccc(SF)cc2)c(N[C@H](C)C2CCC2)n1. The summed E-state index contributed by atoms with van der Waals surface area (Å²) >= 11 is 0.265. The average Bonchev–Trinajstić information content (AvgIpc) is 2.52. The third-order valence-electron chi connectivity index (χ3n) is 4.90. The monoisotopic (exact) mass is 360 g/mol. The van der Waals surface area contributed by atoms with Crippen molar-refractivity contribution in [1.82, 2.24) is 9.97 Å². The Labute approximate surface area is 153 Å². The molecule has 0 amide bonds. The van der Waals surface area contributed by atoms with Gasteiger partial charge in [0, 0.05) is 17.5 Å². The van der Waals surface area contributed by atoms with Crippen LogP contribution in [-0.4, -0.2) is 16.0 Å². The number of rotatable bonds is 7. The van der Waals surface area contributed by atoms with E-state index in [-0.39, 0.29) is 12.1 Å². The molecule has 1 aromatic heterocycles. The van der Waals surface area contributed by atoms with Crippen LogP contribution in [0, 0.1) is 19.8 Å². The normalized spacial score (nSPS) is 15.5. The Kier molecular flexibility index (Phi) is 5.78. The summed E-state index contributed by atoms with van der Waals surface area (Å²) in [5.74, 6) is 2.38. The van der Waals surface area contributed by atoms with Crippen LogP contribution in [0.2, 0.25) is 0 Å². The fraction of sp³-hybridized carbons (Fsp3) is 0.474. The Bertz CT molecular complexity index is 716. The predicted octanol–water partition coefficient (Wildman–Crippen LogP) is 5.28. The minimum Gasteiger partial charge on any atom is -0.377 e. The molecule has 1 fully saturated rings. The molecule has 0 radical (unpaired) electrons. The van der Waals surface area contributed by atoms with Crippen molar-refractivity contribution in [2.75, 3.05) is 10.6 Å². The minimum atomic E-state index is 0.265. The molecule has 1 aromatic carbocycles. The molecule has 4 nitrogen and oxygen atoms in total. The number of anilines is 2. The zero-order valence-electron chi connectivity index (χ0n) is 15.0. The van der Waals surface area contributed by atoms with Crippen molar-refractivity contribution in [3.05, 3.63) is 41.3 Å². The number of aryl methyl sites for hydroxylation is 2.